The van der Waals surface area contributed by atoms with E-state index in [1.165, 1.54) is 145 Å². The summed E-state index contributed by atoms with van der Waals surface area (Å²) in [4.78, 5) is 0. The first-order chi connectivity index (χ1) is 52.9. The largest absolute Gasteiger partial charge is 0.215 e. The second kappa shape index (κ2) is 34.7. The Morgan fingerprint density at radius 1 is 0.225 bits per heavy atom. The summed E-state index contributed by atoms with van der Waals surface area (Å²) in [5.41, 5.74) is 39.1. The minimum atomic E-state index is -2.32. The maximum atomic E-state index is 7.79. The topological polar surface area (TPSA) is 23.3 Å². The Bertz CT molecular complexity index is 5400. The van der Waals surface area contributed by atoms with Gasteiger partial charge in [0.05, 0.1) is 5.56 Å². The van der Waals surface area contributed by atoms with E-state index in [-0.39, 0.29) is 11.3 Å². The average molecular weight is 1370 g/mol. The first-order valence-electron chi connectivity index (χ1n) is 41.3. The van der Waals surface area contributed by atoms with Crippen molar-refractivity contribution in [3.8, 4) is 67.5 Å². The Morgan fingerprint density at radius 2 is 0.520 bits per heavy atom. The molecule has 12 rings (SSSR count). The molecule has 12 aromatic rings. The summed E-state index contributed by atoms with van der Waals surface area (Å²) in [6, 6.07) is 59.1. The quantitative estimate of drug-likeness (QED) is 0.148. The molecule has 6 nitrogen and oxygen atoms in total. The molecule has 0 saturated heterocycles. The normalized spacial score (nSPS) is 12.9. The zero-order valence-electron chi connectivity index (χ0n) is 78.0. The van der Waals surface area contributed by atoms with Crippen LogP contribution in [-0.2, 0) is 42.3 Å². The van der Waals surface area contributed by atoms with E-state index in [0.29, 0.717) is 17.0 Å². The third kappa shape index (κ3) is 18.3. The molecule has 6 aromatic carbocycles. The number of pyridine rings is 6. The highest BCUT2D eigenvalue weighted by Crippen LogP contribution is 2.31. The first-order valence-corrected chi connectivity index (χ1v) is 35.3. The van der Waals surface area contributed by atoms with Crippen LogP contribution in [0.15, 0.2) is 182 Å². The Balaban J connectivity index is 0.000000190. The summed E-state index contributed by atoms with van der Waals surface area (Å²) in [5, 5.41) is 0. The smallest absolute Gasteiger partial charge is 0.201 e. The van der Waals surface area contributed by atoms with Crippen molar-refractivity contribution in [1.29, 1.82) is 0 Å². The van der Waals surface area contributed by atoms with Gasteiger partial charge in [0, 0.05) is 149 Å². The van der Waals surface area contributed by atoms with Gasteiger partial charge in [0.15, 0.2) is 34.7 Å². The molecule has 0 saturated carbocycles. The maximum Gasteiger partial charge on any atom is 0.215 e. The summed E-state index contributed by atoms with van der Waals surface area (Å²) in [5.74, 6) is 0. The van der Waals surface area contributed by atoms with Gasteiger partial charge in [0.25, 0.3) is 0 Å². The van der Waals surface area contributed by atoms with Crippen LogP contribution in [-0.4, -0.2) is 0 Å². The summed E-state index contributed by atoms with van der Waals surface area (Å²) in [7, 11) is 11.7. The van der Waals surface area contributed by atoms with Gasteiger partial charge < -0.3 is 0 Å². The molecule has 0 atom stereocenters. The Kier molecular flexibility index (Phi) is 21.5. The highest BCUT2D eigenvalue weighted by atomic mass is 15.0. The van der Waals surface area contributed by atoms with Gasteiger partial charge in [-0.2, -0.15) is 22.8 Å². The van der Waals surface area contributed by atoms with Crippen molar-refractivity contribution in [2.45, 2.75) is 166 Å². The van der Waals surface area contributed by atoms with Crippen LogP contribution in [0.5, 0.6) is 0 Å². The van der Waals surface area contributed by atoms with Gasteiger partial charge in [-0.3, -0.25) is 0 Å². The first kappa shape index (κ1) is 63.2. The second-order valence-corrected chi connectivity index (χ2v) is 28.0. The average Bonchev–Trinajstić information content (AvgIpc) is 0.702. The molecule has 0 aliphatic carbocycles. The van der Waals surface area contributed by atoms with Crippen molar-refractivity contribution in [2.24, 2.45) is 42.3 Å². The van der Waals surface area contributed by atoms with Crippen molar-refractivity contribution in [1.82, 2.24) is 0 Å². The molecule has 6 heteroatoms. The summed E-state index contributed by atoms with van der Waals surface area (Å²) < 4.78 is 104. The SMILES string of the molecule is Cc1ccc(-c2c(C)ccc(C)[n+]2C)c(C)c1.Cc1cccc(-c2c(C)ccc(C)[n+]2C)c1C.Cc1cccc(-c2c(C)ccc(C)[n+]2C)c1C.[2H]C([2H])([2H])c1c[n+](C)c(-c2c(C)cccc2C)cc1C.[2H]C([2H])([2H])c1ccc(C([2H])([2H])[2H])[n+](C)c1-c1cccc(C)c1C.[2H]C([2H])([2H])c1ccc(C)c(-c2cccc(C)c2C)[n+]1C. The maximum absolute atomic E-state index is 7.79. The summed E-state index contributed by atoms with van der Waals surface area (Å²) in [6.45, 7) is 33.3. The zero-order valence-corrected chi connectivity index (χ0v) is 66.0. The number of rotatable bonds is 6. The van der Waals surface area contributed by atoms with Crippen LogP contribution in [0.2, 0.25) is 0 Å². The van der Waals surface area contributed by atoms with E-state index in [0.717, 1.165) is 44.8 Å². The molecule has 0 aliphatic rings. The molecule has 0 aliphatic heterocycles. The lowest BCUT2D eigenvalue weighted by atomic mass is 9.97. The number of aryl methyl sites for hydroxylation is 21. The molecular weight excluding hydrogens is 1240 g/mol. The van der Waals surface area contributed by atoms with Crippen molar-refractivity contribution >= 4 is 0 Å². The van der Waals surface area contributed by atoms with Gasteiger partial charge >= 0.3 is 0 Å². The number of aromatic nitrogens is 6. The minimum Gasteiger partial charge on any atom is -0.201 e. The van der Waals surface area contributed by atoms with Gasteiger partial charge in [0.2, 0.25) is 34.2 Å². The monoisotopic (exact) mass is 1370 g/mol. The summed E-state index contributed by atoms with van der Waals surface area (Å²) >= 11 is 0. The minimum absolute atomic E-state index is 0.112. The van der Waals surface area contributed by atoms with Crippen LogP contribution in [0.1, 0.15) is 151 Å². The molecule has 528 valence electrons. The number of hydrogen-bond acceptors (Lipinski definition) is 0. The lowest BCUT2D eigenvalue weighted by Gasteiger charge is -2.10. The van der Waals surface area contributed by atoms with Crippen molar-refractivity contribution in [3.05, 3.63) is 316 Å². The molecule has 0 unspecified atom stereocenters. The van der Waals surface area contributed by atoms with E-state index in [9.17, 15) is 0 Å². The standard InChI is InChI=1S/6C16H20N/c1-11-6-9-15(13(3)10-11)16-12(2)7-8-14(4)17(16)5;1-11-7-6-8-12(2)16(11)15-9-13(3)14(4)10-17(15)5;4*1-11-7-6-8-15(14(11)4)16-12(2)9-10-13(3)17(16)5/h6*6-10H,1-5H3/q6*+1/i;4D3;2D3,3D3;3D3;;. The Morgan fingerprint density at radius 3 is 0.853 bits per heavy atom. The van der Waals surface area contributed by atoms with Gasteiger partial charge in [-0.1, -0.05) is 84.4 Å². The van der Waals surface area contributed by atoms with Crippen molar-refractivity contribution < 1.29 is 43.9 Å². The Labute approximate surface area is 632 Å². The predicted octanol–water partition coefficient (Wildman–Crippen LogP) is 20.5. The molecular formula is C96H120N6+6. The van der Waals surface area contributed by atoms with Crippen LogP contribution >= 0.6 is 0 Å². The molecule has 0 fully saturated rings. The molecule has 0 spiro atoms. The second-order valence-electron chi connectivity index (χ2n) is 28.0. The molecule has 6 heterocycles. The lowest BCUT2D eigenvalue weighted by molar-refractivity contribution is -0.667. The number of benzene rings is 6. The van der Waals surface area contributed by atoms with Crippen LogP contribution < -0.4 is 27.4 Å². The molecule has 0 amide bonds. The van der Waals surface area contributed by atoms with Crippen LogP contribution in [0, 0.1) is 166 Å². The lowest BCUT2D eigenvalue weighted by Crippen LogP contribution is -2.35. The van der Waals surface area contributed by atoms with Crippen molar-refractivity contribution in [2.75, 3.05) is 0 Å². The van der Waals surface area contributed by atoms with E-state index < -0.39 is 27.4 Å². The fourth-order valence-electron chi connectivity index (χ4n) is 13.3. The van der Waals surface area contributed by atoms with Gasteiger partial charge in [-0.05, 0) is 259 Å². The van der Waals surface area contributed by atoms with E-state index in [2.05, 4.69) is 255 Å². The van der Waals surface area contributed by atoms with E-state index in [1.54, 1.807) is 23.9 Å². The fraction of sp³-hybridized carbons (Fsp3) is 0.312. The van der Waals surface area contributed by atoms with Gasteiger partial charge in [0.1, 0.15) is 42.3 Å². The molecule has 102 heavy (non-hydrogen) atoms. The van der Waals surface area contributed by atoms with E-state index in [4.69, 9.17) is 16.4 Å². The summed E-state index contributed by atoms with van der Waals surface area (Å²) in [6.07, 6.45) is 1.73. The van der Waals surface area contributed by atoms with Crippen LogP contribution in [0.3, 0.4) is 0 Å². The van der Waals surface area contributed by atoms with Crippen LogP contribution in [0.4, 0.5) is 0 Å². The highest BCUT2D eigenvalue weighted by Gasteiger charge is 2.24. The molecule has 6 aromatic heterocycles. The molecule has 0 N–H and O–H groups in total. The molecule has 0 bridgehead atoms. The third-order valence-electron chi connectivity index (χ3n) is 20.7. The molecule has 0 radical (unpaired) electrons. The third-order valence-corrected chi connectivity index (χ3v) is 20.7. The van der Waals surface area contributed by atoms with Gasteiger partial charge in [-0.15, -0.1) is 0 Å². The van der Waals surface area contributed by atoms with Gasteiger partial charge in [-0.25, -0.2) is 4.57 Å². The highest BCUT2D eigenvalue weighted by molar-refractivity contribution is 5.70. The van der Waals surface area contributed by atoms with Crippen molar-refractivity contribution in [3.63, 3.8) is 0 Å². The van der Waals surface area contributed by atoms with E-state index >= 15 is 0 Å². The number of nitrogens with zero attached hydrogens (tertiary/aromatic N) is 6. The van der Waals surface area contributed by atoms with Crippen LogP contribution in [0.25, 0.3) is 67.5 Å². The van der Waals surface area contributed by atoms with E-state index in [1.807, 2.05) is 94.9 Å². The zero-order chi connectivity index (χ0) is 85.5. The number of hydrogen-bond donors (Lipinski definition) is 0. The Hall–Kier alpha value is -9.78. The predicted molar refractivity (Wildman–Crippen MR) is 432 cm³/mol. The fourth-order valence-corrected chi connectivity index (χ4v) is 13.3.